The van der Waals surface area contributed by atoms with Crippen LogP contribution in [0.2, 0.25) is 0 Å². The number of carbonyl (C=O) groups is 11. The number of ether oxygens (including phenoxy) is 9. The van der Waals surface area contributed by atoms with E-state index in [1.54, 1.807) is 4.90 Å². The van der Waals surface area contributed by atoms with Crippen LogP contribution < -0.4 is 53.2 Å². The Hall–Kier alpha value is -5.86. The van der Waals surface area contributed by atoms with Crippen molar-refractivity contribution >= 4 is 85.2 Å². The summed E-state index contributed by atoms with van der Waals surface area (Å²) < 4.78 is 58.4. The van der Waals surface area contributed by atoms with Gasteiger partial charge in [0.15, 0.2) is 18.9 Å². The molecule has 19 N–H and O–H groups in total. The first kappa shape index (κ1) is 108. The van der Waals surface area contributed by atoms with Crippen molar-refractivity contribution in [2.45, 2.75) is 298 Å². The summed E-state index contributed by atoms with van der Waals surface area (Å²) >= 11 is -1.45. The van der Waals surface area contributed by atoms with Crippen LogP contribution in [-0.4, -0.2) is 361 Å². The molecule has 4 rings (SSSR count). The van der Waals surface area contributed by atoms with Crippen molar-refractivity contribution in [3.05, 3.63) is 0 Å². The number of alkyl halides is 2. The molecule has 11 amide bonds. The Morgan fingerprint density at radius 1 is 0.393 bits per heavy atom. The van der Waals surface area contributed by atoms with E-state index in [4.69, 9.17) is 45.7 Å². The van der Waals surface area contributed by atoms with E-state index in [1.165, 1.54) is 20.8 Å². The molecule has 0 bridgehead atoms. The van der Waals surface area contributed by atoms with E-state index in [9.17, 15) is 98.7 Å². The number of aliphatic hydroxyl groups is 9. The van der Waals surface area contributed by atoms with Gasteiger partial charge in [0.25, 0.3) is 0 Å². The second-order valence-electron chi connectivity index (χ2n) is 31.5. The summed E-state index contributed by atoms with van der Waals surface area (Å²) in [6.45, 7) is 3.66. The number of unbranched alkanes of at least 4 members (excludes halogenated alkanes) is 10. The Balaban J connectivity index is 1.30. The quantitative estimate of drug-likeness (QED) is 0.0163. The van der Waals surface area contributed by atoms with Gasteiger partial charge in [0, 0.05) is 131 Å². The maximum atomic E-state index is 14.1. The average molecular weight is 1870 g/mol. The third-order valence-electron chi connectivity index (χ3n) is 20.5. The molecule has 14 unspecified atom stereocenters. The Morgan fingerprint density at radius 3 is 1.11 bits per heavy atom. The predicted molar refractivity (Wildman–Crippen MR) is 447 cm³/mol. The van der Waals surface area contributed by atoms with Crippen LogP contribution in [0.3, 0.4) is 0 Å². The van der Waals surface area contributed by atoms with E-state index >= 15 is 0 Å². The van der Waals surface area contributed by atoms with Crippen molar-refractivity contribution < 1.29 is 144 Å². The van der Waals surface area contributed by atoms with Gasteiger partial charge in [-0.25, -0.2) is 0 Å². The zero-order valence-corrected chi connectivity index (χ0v) is 74.1. The second-order valence-corrected chi connectivity index (χ2v) is 36.0. The van der Waals surface area contributed by atoms with Crippen LogP contribution in [-0.2, 0) is 98.4 Å². The fourth-order valence-corrected chi connectivity index (χ4v) is 15.1. The van der Waals surface area contributed by atoms with Crippen LogP contribution >= 0.6 is 20.2 Å². The number of aliphatic hydroxyl groups excluding tert-OH is 9. The molecule has 0 aromatic rings. The molecular weight excluding hydrogens is 1720 g/mol. The molecule has 4 aliphatic heterocycles. The molecular formula is C80H144IN11O30. The van der Waals surface area contributed by atoms with Crippen LogP contribution in [0.25, 0.3) is 0 Å². The molecule has 16 atom stereocenters. The molecule has 0 aromatic carbocycles. The summed E-state index contributed by atoms with van der Waals surface area (Å²) in [6, 6.07) is -3.12. The monoisotopic (exact) mass is 1870 g/mol. The van der Waals surface area contributed by atoms with Crippen LogP contribution in [0.15, 0.2) is 0 Å². The molecule has 41 nitrogen and oxygen atoms in total. The minimum absolute atomic E-state index is 0.0362. The Kier molecular flexibility index (Phi) is 56.1. The van der Waals surface area contributed by atoms with Crippen molar-refractivity contribution in [3.63, 3.8) is 0 Å². The van der Waals surface area contributed by atoms with Crippen molar-refractivity contribution in [3.8, 4) is 0 Å². The number of nitrogens with one attached hydrogen (secondary N) is 10. The topological polar surface area (TPSA) is 586 Å². The molecule has 4 saturated heterocycles. The average Bonchev–Trinajstić information content (AvgIpc) is 1.03. The molecule has 706 valence electrons. The number of amides is 11. The molecule has 0 radical (unpaired) electrons. The van der Waals surface area contributed by atoms with Crippen molar-refractivity contribution in [1.82, 2.24) is 58.1 Å². The summed E-state index contributed by atoms with van der Waals surface area (Å²) in [5.74, 6) is -3.51. The second kappa shape index (κ2) is 63.1. The van der Waals surface area contributed by atoms with Crippen LogP contribution in [0.1, 0.15) is 194 Å². The zero-order chi connectivity index (χ0) is 89.6. The number of hydrogen-bond acceptors (Lipinski definition) is 30. The SMILES string of the molecule is CC(=O)NC1C(O)CC(CO)OC1OCCCCC(=O)NCCCNC(=O)CCOCC(COCCC(=O)NCCCNC(=O)CCCCOC1OC(CO)C(O)C(O)C1NC(C)=O)(COCCC(=O)NCCCNC(=O)CCCCOC1OC(CO)C(O)C(O)C1NC(C)=O)NC(=O)CCCCCCCCCCC(=O)N1C[C@H](O)C[C@H]1COI(C)C. The van der Waals surface area contributed by atoms with Gasteiger partial charge in [-0.15, -0.1) is 0 Å². The molecule has 0 aromatic heterocycles. The van der Waals surface area contributed by atoms with Crippen LogP contribution in [0.5, 0.6) is 0 Å². The van der Waals surface area contributed by atoms with Crippen molar-refractivity contribution in [2.75, 3.05) is 142 Å². The number of nitrogens with zero attached hydrogens (tertiary/aromatic N) is 1. The summed E-state index contributed by atoms with van der Waals surface area (Å²) in [5, 5.41) is 119. The van der Waals surface area contributed by atoms with Crippen molar-refractivity contribution in [2.24, 2.45) is 0 Å². The van der Waals surface area contributed by atoms with Gasteiger partial charge in [-0.1, -0.05) is 6.42 Å². The van der Waals surface area contributed by atoms with Gasteiger partial charge in [-0.05, 0) is 64.2 Å². The van der Waals surface area contributed by atoms with Gasteiger partial charge < -0.3 is 137 Å². The third kappa shape index (κ3) is 45.5. The zero-order valence-electron chi connectivity index (χ0n) is 71.9. The molecule has 42 heteroatoms. The molecule has 0 aliphatic carbocycles. The van der Waals surface area contributed by atoms with E-state index in [0.29, 0.717) is 90.2 Å². The van der Waals surface area contributed by atoms with Crippen LogP contribution in [0.4, 0.5) is 0 Å². The number of likely N-dealkylation sites (tertiary alicyclic amines) is 1. The first-order valence-electron chi connectivity index (χ1n) is 43.1. The number of β-amino-alcohol motifs (C(OH)–C–C–N with tert-alkyl or cyclic N) is 1. The molecule has 122 heavy (non-hydrogen) atoms. The van der Waals surface area contributed by atoms with Gasteiger partial charge in [0.2, 0.25) is 59.1 Å². The number of halogens is 1. The Morgan fingerprint density at radius 2 is 0.738 bits per heavy atom. The fraction of sp³-hybridized carbons (Fsp3) is 0.863. The van der Waals surface area contributed by atoms with E-state index in [1.807, 2.05) is 0 Å². The summed E-state index contributed by atoms with van der Waals surface area (Å²) in [6.07, 6.45) is -2.08. The van der Waals surface area contributed by atoms with E-state index < -0.39 is 143 Å². The summed E-state index contributed by atoms with van der Waals surface area (Å²) in [7, 11) is 0. The van der Waals surface area contributed by atoms with Gasteiger partial charge in [-0.2, -0.15) is 0 Å². The molecule has 4 aliphatic rings. The maximum absolute atomic E-state index is 14.1. The van der Waals surface area contributed by atoms with Crippen molar-refractivity contribution in [1.29, 1.82) is 0 Å². The van der Waals surface area contributed by atoms with Gasteiger partial charge in [0.05, 0.1) is 71.7 Å². The number of carbonyl (C=O) groups excluding carboxylic acids is 11. The molecule has 0 spiro atoms. The van der Waals surface area contributed by atoms with Gasteiger partial charge >= 0.3 is 131 Å². The first-order chi connectivity index (χ1) is 58.5. The van der Waals surface area contributed by atoms with E-state index in [2.05, 4.69) is 63.0 Å². The fourth-order valence-electron chi connectivity index (χ4n) is 13.9. The summed E-state index contributed by atoms with van der Waals surface area (Å²) in [5.41, 5.74) is -1.42. The van der Waals surface area contributed by atoms with E-state index in [0.717, 1.165) is 44.9 Å². The minimum atomic E-state index is -1.46. The molecule has 4 fully saturated rings. The molecule has 0 saturated carbocycles. The Bertz CT molecular complexity index is 2930. The summed E-state index contributed by atoms with van der Waals surface area (Å²) in [4.78, 5) is 146. The third-order valence-corrected chi connectivity index (χ3v) is 22.1. The Labute approximate surface area is 723 Å². The molecule has 4 heterocycles. The van der Waals surface area contributed by atoms with Crippen LogP contribution in [0, 0.1) is 0 Å². The van der Waals surface area contributed by atoms with Gasteiger partial charge in [0.1, 0.15) is 60.3 Å². The number of rotatable bonds is 66. The van der Waals surface area contributed by atoms with Gasteiger partial charge in [-0.3, -0.25) is 47.9 Å². The number of hydrogen-bond donors (Lipinski definition) is 19. The first-order valence-corrected chi connectivity index (χ1v) is 48.3. The van der Waals surface area contributed by atoms with E-state index in [-0.39, 0.29) is 216 Å². The normalized spacial score (nSPS) is 24.5. The standard InChI is InChI=1S/C80H144IN11O30/c1-53(96)88-70-59(100)44-58(46-93)120-77(70)116-37-17-14-23-62(101)82-31-20-34-85-65(104)28-40-113-50-80(91-68(107)26-12-10-8-6-7-9-11-13-27-69(108)92-45-57(99)43-56(92)49-119-81(4)5,51-114-41-29-66(105)86-35-21-32-83-63(102)24-15-18-38-117-78-71(89-54(2)97)75(111)73(109)60(47-94)121-78)52-115-42-30-67(106)87-36-22-33-84-64(103)25-16-19-39-118-79-72(90-55(3)98)76(112)74(110)61(48-95)122-79/h56-61,70-79,93-95,99-100,109-112H,6-52H2,1-5H3,(H,82,101)(H,83,102)(H,84,103)(H,85,104)(H,86,105)(H,87,106)(H,88,96)(H,89,97)(H,90,98)(H,91,107)/t56-,57+,58?,59?,60?,61?,70?,71?,72?,73?,74?,75?,76?,77?,78?,79?,80?/m0/s1. The predicted octanol–water partition coefficient (Wildman–Crippen LogP) is -3.09.